The van der Waals surface area contributed by atoms with Gasteiger partial charge in [0.25, 0.3) is 0 Å². The van der Waals surface area contributed by atoms with Crippen molar-refractivity contribution in [1.82, 2.24) is 10.2 Å². The lowest BCUT2D eigenvalue weighted by molar-refractivity contribution is -0.132. The van der Waals surface area contributed by atoms with E-state index in [0.29, 0.717) is 24.8 Å². The first kappa shape index (κ1) is 15.7. The number of carbonyl (C=O) groups excluding carboxylic acids is 1. The molecule has 5 heteroatoms. The molecular weight excluding hydrogens is 252 g/mol. The molecule has 0 bridgehead atoms. The van der Waals surface area contributed by atoms with Crippen LogP contribution in [0, 0.1) is 11.8 Å². The number of nitrogens with one attached hydrogen (secondary N) is 1. The lowest BCUT2D eigenvalue weighted by Gasteiger charge is -2.21. The number of rotatable bonds is 3. The average Bonchev–Trinajstić information content (AvgIpc) is 2.85. The monoisotopic (exact) mass is 276 g/mol. The van der Waals surface area contributed by atoms with Gasteiger partial charge in [0, 0.05) is 19.6 Å². The van der Waals surface area contributed by atoms with Crippen molar-refractivity contribution in [2.24, 2.45) is 11.8 Å². The molecule has 0 radical (unpaired) electrons. The van der Waals surface area contributed by atoms with Crippen LogP contribution in [0.3, 0.4) is 0 Å². The predicted molar refractivity (Wildman–Crippen MR) is 73.8 cm³/mol. The molecule has 106 valence electrons. The lowest BCUT2D eigenvalue weighted by atomic mass is 9.97. The number of carbonyl (C=O) groups is 1. The van der Waals surface area contributed by atoms with Crippen molar-refractivity contribution in [3.8, 4) is 0 Å². The highest BCUT2D eigenvalue weighted by atomic mass is 35.5. The molecular formula is C13H25ClN2O2. The van der Waals surface area contributed by atoms with E-state index in [4.69, 9.17) is 0 Å². The Balaban J connectivity index is 0.00000162. The maximum absolute atomic E-state index is 12.2. The van der Waals surface area contributed by atoms with Crippen LogP contribution in [0.4, 0.5) is 0 Å². The van der Waals surface area contributed by atoms with Gasteiger partial charge in [-0.1, -0.05) is 13.8 Å². The highest BCUT2D eigenvalue weighted by Crippen LogP contribution is 2.24. The van der Waals surface area contributed by atoms with E-state index in [0.717, 1.165) is 19.5 Å². The summed E-state index contributed by atoms with van der Waals surface area (Å²) >= 11 is 0. The summed E-state index contributed by atoms with van der Waals surface area (Å²) in [6.07, 6.45) is 2.58. The van der Waals surface area contributed by atoms with Crippen molar-refractivity contribution in [3.05, 3.63) is 0 Å². The molecule has 0 saturated carbocycles. The second-order valence-electron chi connectivity index (χ2n) is 5.92. The largest absolute Gasteiger partial charge is 0.392 e. The fraction of sp³-hybridized carbons (Fsp3) is 0.923. The number of aliphatic hydroxyl groups excluding tert-OH is 1. The van der Waals surface area contributed by atoms with Crippen LogP contribution in [0.1, 0.15) is 33.1 Å². The first-order valence-electron chi connectivity index (χ1n) is 6.76. The average molecular weight is 277 g/mol. The van der Waals surface area contributed by atoms with E-state index in [9.17, 15) is 9.90 Å². The highest BCUT2D eigenvalue weighted by Gasteiger charge is 2.34. The van der Waals surface area contributed by atoms with Gasteiger partial charge in [-0.15, -0.1) is 12.4 Å². The molecule has 2 heterocycles. The van der Waals surface area contributed by atoms with Crippen molar-refractivity contribution in [2.45, 2.75) is 45.3 Å². The van der Waals surface area contributed by atoms with Crippen LogP contribution in [0.25, 0.3) is 0 Å². The Kier molecular flexibility index (Phi) is 5.89. The number of likely N-dealkylation sites (tertiary alicyclic amines) is 1. The first-order chi connectivity index (χ1) is 8.06. The van der Waals surface area contributed by atoms with E-state index in [1.54, 1.807) is 0 Å². The topological polar surface area (TPSA) is 52.6 Å². The number of hydrogen-bond acceptors (Lipinski definition) is 3. The van der Waals surface area contributed by atoms with Gasteiger partial charge in [-0.25, -0.2) is 0 Å². The van der Waals surface area contributed by atoms with Gasteiger partial charge < -0.3 is 15.3 Å². The Morgan fingerprint density at radius 3 is 2.78 bits per heavy atom. The summed E-state index contributed by atoms with van der Waals surface area (Å²) in [5, 5.41) is 12.5. The fourth-order valence-corrected chi connectivity index (χ4v) is 3.02. The number of nitrogens with zero attached hydrogens (tertiary/aromatic N) is 1. The maximum Gasteiger partial charge on any atom is 0.239 e. The molecule has 2 aliphatic heterocycles. The molecule has 0 spiro atoms. The molecule has 2 saturated heterocycles. The van der Waals surface area contributed by atoms with E-state index in [2.05, 4.69) is 19.2 Å². The Labute approximate surface area is 116 Å². The standard InChI is InChI=1S/C13H24N2O2.ClH/c1-9(2)5-10-3-4-15(8-10)13(17)12-6-11(16)7-14-12;/h9-12,14,16H,3-8H2,1-2H3;1H. The molecule has 3 unspecified atom stereocenters. The molecule has 2 rings (SSSR count). The molecule has 2 fully saturated rings. The Hall–Kier alpha value is -0.320. The summed E-state index contributed by atoms with van der Waals surface area (Å²) in [5.74, 6) is 1.57. The third-order valence-corrected chi connectivity index (χ3v) is 3.81. The van der Waals surface area contributed by atoms with Crippen LogP contribution >= 0.6 is 12.4 Å². The van der Waals surface area contributed by atoms with Crippen molar-refractivity contribution in [1.29, 1.82) is 0 Å². The van der Waals surface area contributed by atoms with E-state index in [-0.39, 0.29) is 30.5 Å². The van der Waals surface area contributed by atoms with Crippen LogP contribution in [-0.4, -0.2) is 47.7 Å². The van der Waals surface area contributed by atoms with Crippen molar-refractivity contribution in [2.75, 3.05) is 19.6 Å². The molecule has 4 nitrogen and oxygen atoms in total. The summed E-state index contributed by atoms with van der Waals surface area (Å²) < 4.78 is 0. The summed E-state index contributed by atoms with van der Waals surface area (Å²) in [6.45, 7) is 6.83. The van der Waals surface area contributed by atoms with Crippen LogP contribution in [-0.2, 0) is 4.79 Å². The molecule has 2 aliphatic rings. The van der Waals surface area contributed by atoms with Gasteiger partial charge in [-0.05, 0) is 31.1 Å². The van der Waals surface area contributed by atoms with Crippen LogP contribution < -0.4 is 5.32 Å². The van der Waals surface area contributed by atoms with E-state index >= 15 is 0 Å². The zero-order valence-electron chi connectivity index (χ0n) is 11.3. The van der Waals surface area contributed by atoms with Gasteiger partial charge in [0.1, 0.15) is 0 Å². The summed E-state index contributed by atoms with van der Waals surface area (Å²) in [5.41, 5.74) is 0. The quantitative estimate of drug-likeness (QED) is 0.809. The van der Waals surface area contributed by atoms with Crippen molar-refractivity contribution in [3.63, 3.8) is 0 Å². The SMILES string of the molecule is CC(C)CC1CCN(C(=O)C2CC(O)CN2)C1.Cl. The maximum atomic E-state index is 12.2. The summed E-state index contributed by atoms with van der Waals surface area (Å²) in [7, 11) is 0. The van der Waals surface area contributed by atoms with Crippen LogP contribution in [0.2, 0.25) is 0 Å². The Morgan fingerprint density at radius 1 is 1.50 bits per heavy atom. The zero-order chi connectivity index (χ0) is 12.4. The summed E-state index contributed by atoms with van der Waals surface area (Å²) in [4.78, 5) is 14.2. The number of halogens is 1. The minimum atomic E-state index is -0.349. The number of amides is 1. The molecule has 0 aromatic carbocycles. The number of β-amino-alcohol motifs (C(OH)–C–C–N with tert-alkyl or cyclic N) is 1. The Bertz CT molecular complexity index is 286. The second kappa shape index (κ2) is 6.73. The number of hydrogen-bond donors (Lipinski definition) is 2. The van der Waals surface area contributed by atoms with Gasteiger partial charge in [0.05, 0.1) is 12.1 Å². The number of aliphatic hydroxyl groups is 1. The van der Waals surface area contributed by atoms with Gasteiger partial charge >= 0.3 is 0 Å². The molecule has 0 aromatic rings. The summed E-state index contributed by atoms with van der Waals surface area (Å²) in [6, 6.07) is -0.150. The third-order valence-electron chi connectivity index (χ3n) is 3.81. The lowest BCUT2D eigenvalue weighted by Crippen LogP contribution is -2.42. The van der Waals surface area contributed by atoms with Crippen LogP contribution in [0.5, 0.6) is 0 Å². The molecule has 18 heavy (non-hydrogen) atoms. The zero-order valence-corrected chi connectivity index (χ0v) is 12.1. The van der Waals surface area contributed by atoms with E-state index in [1.165, 1.54) is 6.42 Å². The molecule has 2 N–H and O–H groups in total. The first-order valence-corrected chi connectivity index (χ1v) is 6.76. The fourth-order valence-electron chi connectivity index (χ4n) is 3.02. The van der Waals surface area contributed by atoms with Gasteiger partial charge in [-0.2, -0.15) is 0 Å². The van der Waals surface area contributed by atoms with Crippen LogP contribution in [0.15, 0.2) is 0 Å². The van der Waals surface area contributed by atoms with Gasteiger partial charge in [0.15, 0.2) is 0 Å². The van der Waals surface area contributed by atoms with E-state index in [1.807, 2.05) is 4.90 Å². The minimum absolute atomic E-state index is 0. The third kappa shape index (κ3) is 3.84. The van der Waals surface area contributed by atoms with Gasteiger partial charge in [0.2, 0.25) is 5.91 Å². The van der Waals surface area contributed by atoms with Crippen molar-refractivity contribution < 1.29 is 9.90 Å². The van der Waals surface area contributed by atoms with Gasteiger partial charge in [-0.3, -0.25) is 4.79 Å². The molecule has 0 aromatic heterocycles. The Morgan fingerprint density at radius 2 is 2.22 bits per heavy atom. The predicted octanol–water partition coefficient (Wildman–Crippen LogP) is 1.03. The minimum Gasteiger partial charge on any atom is -0.392 e. The highest BCUT2D eigenvalue weighted by molar-refractivity contribution is 5.85. The molecule has 3 atom stereocenters. The molecule has 0 aliphatic carbocycles. The second-order valence-corrected chi connectivity index (χ2v) is 5.92. The smallest absolute Gasteiger partial charge is 0.239 e. The van der Waals surface area contributed by atoms with Crippen molar-refractivity contribution >= 4 is 18.3 Å². The van der Waals surface area contributed by atoms with E-state index < -0.39 is 0 Å². The molecule has 1 amide bonds. The normalized spacial score (nSPS) is 31.8.